The Morgan fingerprint density at radius 1 is 0.941 bits per heavy atom. The third kappa shape index (κ3) is 3.73. The van der Waals surface area contributed by atoms with Gasteiger partial charge in [0, 0.05) is 13.0 Å². The van der Waals surface area contributed by atoms with Gasteiger partial charge in [0.15, 0.2) is 0 Å². The number of rotatable bonds is 6. The van der Waals surface area contributed by atoms with Crippen molar-refractivity contribution >= 4 is 0 Å². The highest BCUT2D eigenvalue weighted by molar-refractivity contribution is 5.23. The van der Waals surface area contributed by atoms with Crippen molar-refractivity contribution in [2.24, 2.45) is 0 Å². The van der Waals surface area contributed by atoms with Crippen LogP contribution in [-0.4, -0.2) is 11.8 Å². The number of hydroxylamine groups is 1. The van der Waals surface area contributed by atoms with Gasteiger partial charge in [0.1, 0.15) is 5.76 Å². The first-order valence-corrected chi connectivity index (χ1v) is 5.85. The van der Waals surface area contributed by atoms with Crippen LogP contribution in [0.25, 0.3) is 0 Å². The Morgan fingerprint density at radius 3 is 2.24 bits per heavy atom. The Morgan fingerprint density at radius 2 is 1.65 bits per heavy atom. The molecule has 2 aromatic rings. The molecule has 0 bridgehead atoms. The second-order valence-corrected chi connectivity index (χ2v) is 4.05. The zero-order valence-electron chi connectivity index (χ0n) is 9.73. The SMILES string of the molecule is ONCCc1ccc(CCc2ccco2)cc1. The number of hydrogen-bond acceptors (Lipinski definition) is 3. The van der Waals surface area contributed by atoms with Crippen LogP contribution < -0.4 is 5.48 Å². The van der Waals surface area contributed by atoms with Crippen LogP contribution in [0.1, 0.15) is 16.9 Å². The molecule has 0 unspecified atom stereocenters. The highest BCUT2D eigenvalue weighted by Crippen LogP contribution is 2.09. The second kappa shape index (κ2) is 6.23. The van der Waals surface area contributed by atoms with Crippen LogP contribution in [-0.2, 0) is 19.3 Å². The summed E-state index contributed by atoms with van der Waals surface area (Å²) in [4.78, 5) is 0. The molecule has 17 heavy (non-hydrogen) atoms. The average Bonchev–Trinajstić information content (AvgIpc) is 2.88. The highest BCUT2D eigenvalue weighted by Gasteiger charge is 1.98. The molecule has 2 rings (SSSR count). The van der Waals surface area contributed by atoms with Crippen molar-refractivity contribution < 1.29 is 9.62 Å². The minimum atomic E-state index is 0.589. The second-order valence-electron chi connectivity index (χ2n) is 4.05. The number of aryl methyl sites for hydroxylation is 2. The molecule has 0 aliphatic carbocycles. The fourth-order valence-corrected chi connectivity index (χ4v) is 1.80. The Kier molecular flexibility index (Phi) is 4.36. The monoisotopic (exact) mass is 231 g/mol. The number of furan rings is 1. The van der Waals surface area contributed by atoms with E-state index in [1.165, 1.54) is 11.1 Å². The Labute approximate surface area is 101 Å². The van der Waals surface area contributed by atoms with Gasteiger partial charge in [0.05, 0.1) is 6.26 Å². The van der Waals surface area contributed by atoms with E-state index in [-0.39, 0.29) is 0 Å². The maximum absolute atomic E-state index is 8.51. The lowest BCUT2D eigenvalue weighted by Gasteiger charge is -2.03. The molecule has 0 aliphatic heterocycles. The molecule has 3 heteroatoms. The Bertz CT molecular complexity index is 420. The fourth-order valence-electron chi connectivity index (χ4n) is 1.80. The van der Waals surface area contributed by atoms with Gasteiger partial charge in [0.25, 0.3) is 0 Å². The summed E-state index contributed by atoms with van der Waals surface area (Å²) in [6.07, 6.45) is 4.48. The summed E-state index contributed by atoms with van der Waals surface area (Å²) in [5, 5.41) is 8.51. The van der Waals surface area contributed by atoms with E-state index >= 15 is 0 Å². The lowest BCUT2D eigenvalue weighted by atomic mass is 10.1. The van der Waals surface area contributed by atoms with Crippen LogP contribution in [0.15, 0.2) is 47.1 Å². The van der Waals surface area contributed by atoms with E-state index in [1.54, 1.807) is 6.26 Å². The van der Waals surface area contributed by atoms with Crippen LogP contribution in [0.5, 0.6) is 0 Å². The van der Waals surface area contributed by atoms with E-state index in [9.17, 15) is 0 Å². The molecule has 1 heterocycles. The van der Waals surface area contributed by atoms with E-state index in [0.29, 0.717) is 6.54 Å². The first kappa shape index (κ1) is 11.9. The summed E-state index contributed by atoms with van der Waals surface area (Å²) >= 11 is 0. The van der Waals surface area contributed by atoms with Gasteiger partial charge in [-0.3, -0.25) is 0 Å². The maximum atomic E-state index is 8.51. The van der Waals surface area contributed by atoms with Crippen molar-refractivity contribution in [3.8, 4) is 0 Å². The van der Waals surface area contributed by atoms with Crippen LogP contribution in [0.3, 0.4) is 0 Å². The average molecular weight is 231 g/mol. The van der Waals surface area contributed by atoms with Gasteiger partial charge < -0.3 is 9.62 Å². The van der Waals surface area contributed by atoms with E-state index in [4.69, 9.17) is 9.62 Å². The van der Waals surface area contributed by atoms with E-state index in [2.05, 4.69) is 29.7 Å². The first-order chi connectivity index (χ1) is 8.38. The molecule has 90 valence electrons. The van der Waals surface area contributed by atoms with Gasteiger partial charge in [0.2, 0.25) is 0 Å². The smallest absolute Gasteiger partial charge is 0.104 e. The van der Waals surface area contributed by atoms with Crippen molar-refractivity contribution in [2.45, 2.75) is 19.3 Å². The maximum Gasteiger partial charge on any atom is 0.104 e. The van der Waals surface area contributed by atoms with Crippen LogP contribution in [0, 0.1) is 0 Å². The van der Waals surface area contributed by atoms with Crippen molar-refractivity contribution in [1.29, 1.82) is 0 Å². The summed E-state index contributed by atoms with van der Waals surface area (Å²) < 4.78 is 5.30. The van der Waals surface area contributed by atoms with E-state index < -0.39 is 0 Å². The topological polar surface area (TPSA) is 45.4 Å². The summed E-state index contributed by atoms with van der Waals surface area (Å²) in [7, 11) is 0. The minimum Gasteiger partial charge on any atom is -0.469 e. The van der Waals surface area contributed by atoms with Gasteiger partial charge in [-0.1, -0.05) is 24.3 Å². The molecular weight excluding hydrogens is 214 g/mol. The molecule has 0 amide bonds. The Balaban J connectivity index is 1.85. The quantitative estimate of drug-likeness (QED) is 0.751. The lowest BCUT2D eigenvalue weighted by molar-refractivity contribution is 0.168. The summed E-state index contributed by atoms with van der Waals surface area (Å²) in [6.45, 7) is 0.589. The third-order valence-electron chi connectivity index (χ3n) is 2.79. The summed E-state index contributed by atoms with van der Waals surface area (Å²) in [6, 6.07) is 12.4. The molecule has 0 saturated carbocycles. The van der Waals surface area contributed by atoms with Crippen LogP contribution in [0.2, 0.25) is 0 Å². The molecular formula is C14H17NO2. The predicted octanol–water partition coefficient (Wildman–Crippen LogP) is 2.59. The molecule has 0 saturated heterocycles. The zero-order chi connectivity index (χ0) is 11.9. The number of nitrogens with one attached hydrogen (secondary N) is 1. The van der Waals surface area contributed by atoms with Gasteiger partial charge in [-0.2, -0.15) is 0 Å². The normalized spacial score (nSPS) is 10.6. The molecule has 1 aromatic carbocycles. The summed E-state index contributed by atoms with van der Waals surface area (Å²) in [5.74, 6) is 1.03. The van der Waals surface area contributed by atoms with E-state index in [1.807, 2.05) is 12.1 Å². The Hall–Kier alpha value is -1.58. The molecule has 0 atom stereocenters. The molecule has 0 aliphatic rings. The van der Waals surface area contributed by atoms with Crippen molar-refractivity contribution in [2.75, 3.05) is 6.54 Å². The van der Waals surface area contributed by atoms with Gasteiger partial charge in [-0.05, 0) is 36.1 Å². The van der Waals surface area contributed by atoms with Crippen LogP contribution in [0.4, 0.5) is 0 Å². The molecule has 0 radical (unpaired) electrons. The largest absolute Gasteiger partial charge is 0.469 e. The lowest BCUT2D eigenvalue weighted by Crippen LogP contribution is -2.11. The fraction of sp³-hybridized carbons (Fsp3) is 0.286. The molecule has 0 spiro atoms. The van der Waals surface area contributed by atoms with Gasteiger partial charge in [-0.25, -0.2) is 5.48 Å². The molecule has 2 N–H and O–H groups in total. The minimum absolute atomic E-state index is 0.589. The van der Waals surface area contributed by atoms with Gasteiger partial charge >= 0.3 is 0 Å². The number of benzene rings is 1. The van der Waals surface area contributed by atoms with Crippen molar-refractivity contribution in [3.05, 3.63) is 59.5 Å². The molecule has 1 aromatic heterocycles. The van der Waals surface area contributed by atoms with Crippen molar-refractivity contribution in [1.82, 2.24) is 5.48 Å². The first-order valence-electron chi connectivity index (χ1n) is 5.85. The predicted molar refractivity (Wildman–Crippen MR) is 66.1 cm³/mol. The van der Waals surface area contributed by atoms with Crippen LogP contribution >= 0.6 is 0 Å². The van der Waals surface area contributed by atoms with E-state index in [0.717, 1.165) is 25.0 Å². The third-order valence-corrected chi connectivity index (χ3v) is 2.79. The molecule has 0 fully saturated rings. The zero-order valence-corrected chi connectivity index (χ0v) is 9.73. The summed E-state index contributed by atoms with van der Waals surface area (Å²) in [5.41, 5.74) is 4.70. The molecule has 3 nitrogen and oxygen atoms in total. The highest BCUT2D eigenvalue weighted by atomic mass is 16.5. The van der Waals surface area contributed by atoms with Gasteiger partial charge in [-0.15, -0.1) is 0 Å². The van der Waals surface area contributed by atoms with Crippen molar-refractivity contribution in [3.63, 3.8) is 0 Å². The number of hydrogen-bond donors (Lipinski definition) is 2. The standard InChI is InChI=1S/C14H17NO2/c16-15-10-9-13-5-3-12(4-6-13)7-8-14-2-1-11-17-14/h1-6,11,15-16H,7-10H2.